The van der Waals surface area contributed by atoms with Crippen molar-refractivity contribution >= 4 is 35.0 Å². The van der Waals surface area contributed by atoms with Crippen molar-refractivity contribution in [2.24, 2.45) is 0 Å². The second-order valence-corrected chi connectivity index (χ2v) is 6.10. The highest BCUT2D eigenvalue weighted by Crippen LogP contribution is 2.31. The average Bonchev–Trinajstić information content (AvgIpc) is 2.47. The lowest BCUT2D eigenvalue weighted by Crippen LogP contribution is -2.27. The van der Waals surface area contributed by atoms with Gasteiger partial charge in [-0.15, -0.1) is 0 Å². The lowest BCUT2D eigenvalue weighted by molar-refractivity contribution is -0.147. The van der Waals surface area contributed by atoms with Crippen molar-refractivity contribution in [2.45, 2.75) is 25.9 Å². The van der Waals surface area contributed by atoms with Gasteiger partial charge in [0.05, 0.1) is 21.7 Å². The number of halogens is 2. The highest BCUT2D eigenvalue weighted by molar-refractivity contribution is 6.40. The average molecular weight is 351 g/mol. The molecule has 5 heteroatoms. The number of esters is 1. The van der Waals surface area contributed by atoms with Crippen molar-refractivity contribution in [1.82, 2.24) is 0 Å². The first kappa shape index (κ1) is 17.5. The van der Waals surface area contributed by atoms with Gasteiger partial charge in [-0.3, -0.25) is 9.59 Å². The van der Waals surface area contributed by atoms with Crippen LogP contribution in [0.4, 0.5) is 0 Å². The third-order valence-corrected chi connectivity index (χ3v) is 3.82. The monoisotopic (exact) mass is 350 g/mol. The van der Waals surface area contributed by atoms with Gasteiger partial charge >= 0.3 is 5.97 Å². The molecule has 0 amide bonds. The quantitative estimate of drug-likeness (QED) is 0.437. The molecule has 0 saturated carbocycles. The molecule has 3 nitrogen and oxygen atoms in total. The van der Waals surface area contributed by atoms with Crippen LogP contribution in [-0.4, -0.2) is 17.9 Å². The number of Topliss-reactive ketones (excluding diaryl/α,β-unsaturated/α-hetero) is 1. The summed E-state index contributed by atoms with van der Waals surface area (Å²) in [5, 5.41) is 0.418. The Morgan fingerprint density at radius 3 is 2.00 bits per heavy atom. The molecule has 0 aliphatic rings. The van der Waals surface area contributed by atoms with E-state index in [9.17, 15) is 9.59 Å². The Labute approximate surface area is 145 Å². The third kappa shape index (κ3) is 4.12. The van der Waals surface area contributed by atoms with E-state index in [1.165, 1.54) is 0 Å². The van der Waals surface area contributed by atoms with Crippen molar-refractivity contribution in [1.29, 1.82) is 0 Å². The number of rotatable bonds is 5. The molecular weight excluding hydrogens is 335 g/mol. The summed E-state index contributed by atoms with van der Waals surface area (Å²) in [6, 6.07) is 13.5. The minimum atomic E-state index is -1.10. The molecule has 2 aromatic carbocycles. The van der Waals surface area contributed by atoms with E-state index < -0.39 is 17.7 Å². The molecule has 1 unspecified atom stereocenters. The van der Waals surface area contributed by atoms with Gasteiger partial charge in [-0.2, -0.15) is 0 Å². The standard InChI is InChI=1S/C18H16Cl2O3/c1-11(2)23-18(22)15(12-7-4-3-5-8-12)17(21)16-13(19)9-6-10-14(16)20/h3-11,15H,1-2H3. The number of hydrogen-bond acceptors (Lipinski definition) is 3. The Morgan fingerprint density at radius 1 is 0.913 bits per heavy atom. The van der Waals surface area contributed by atoms with Crippen LogP contribution >= 0.6 is 23.2 Å². The van der Waals surface area contributed by atoms with Crippen LogP contribution in [0.5, 0.6) is 0 Å². The van der Waals surface area contributed by atoms with Crippen LogP contribution in [0.3, 0.4) is 0 Å². The molecule has 0 aliphatic heterocycles. The predicted octanol–water partition coefficient (Wildman–Crippen LogP) is 4.91. The van der Waals surface area contributed by atoms with Crippen molar-refractivity contribution in [3.05, 3.63) is 69.7 Å². The van der Waals surface area contributed by atoms with E-state index in [1.54, 1.807) is 62.4 Å². The molecule has 0 heterocycles. The molecule has 2 aromatic rings. The molecule has 0 radical (unpaired) electrons. The molecule has 120 valence electrons. The van der Waals surface area contributed by atoms with Crippen molar-refractivity contribution < 1.29 is 14.3 Å². The van der Waals surface area contributed by atoms with Crippen LogP contribution in [0.15, 0.2) is 48.5 Å². The van der Waals surface area contributed by atoms with E-state index in [2.05, 4.69) is 0 Å². The van der Waals surface area contributed by atoms with Crippen LogP contribution in [0.1, 0.15) is 35.7 Å². The molecule has 1 atom stereocenters. The molecule has 0 fully saturated rings. The summed E-state index contributed by atoms with van der Waals surface area (Å²) in [7, 11) is 0. The smallest absolute Gasteiger partial charge is 0.321 e. The Balaban J connectivity index is 2.49. The molecule has 0 aliphatic carbocycles. The first-order chi connectivity index (χ1) is 10.9. The van der Waals surface area contributed by atoms with Crippen LogP contribution in [0.25, 0.3) is 0 Å². The summed E-state index contributed by atoms with van der Waals surface area (Å²) >= 11 is 12.2. The summed E-state index contributed by atoms with van der Waals surface area (Å²) in [6.45, 7) is 3.46. The number of carbonyl (C=O) groups excluding carboxylic acids is 2. The van der Waals surface area contributed by atoms with Gasteiger partial charge in [0.15, 0.2) is 5.78 Å². The van der Waals surface area contributed by atoms with Gasteiger partial charge in [-0.25, -0.2) is 0 Å². The summed E-state index contributed by atoms with van der Waals surface area (Å²) in [5.41, 5.74) is 0.671. The maximum atomic E-state index is 12.9. The third-order valence-electron chi connectivity index (χ3n) is 3.19. The van der Waals surface area contributed by atoms with Crippen molar-refractivity contribution in [3.8, 4) is 0 Å². The summed E-state index contributed by atoms with van der Waals surface area (Å²) in [5.74, 6) is -2.19. The van der Waals surface area contributed by atoms with Gasteiger partial charge in [0.2, 0.25) is 0 Å². The van der Waals surface area contributed by atoms with E-state index in [1.807, 2.05) is 0 Å². The lowest BCUT2D eigenvalue weighted by atomic mass is 9.90. The molecule has 2 rings (SSSR count). The van der Waals surface area contributed by atoms with Crippen LogP contribution < -0.4 is 0 Å². The number of ketones is 1. The van der Waals surface area contributed by atoms with Gasteiger partial charge < -0.3 is 4.74 Å². The highest BCUT2D eigenvalue weighted by Gasteiger charge is 2.33. The molecule has 0 N–H and O–H groups in total. The van der Waals surface area contributed by atoms with E-state index in [0.29, 0.717) is 5.56 Å². The first-order valence-corrected chi connectivity index (χ1v) is 7.91. The summed E-state index contributed by atoms with van der Waals surface area (Å²) < 4.78 is 5.24. The Kier molecular flexibility index (Phi) is 5.80. The molecule has 0 spiro atoms. The lowest BCUT2D eigenvalue weighted by Gasteiger charge is -2.18. The summed E-state index contributed by atoms with van der Waals surface area (Å²) in [6.07, 6.45) is -0.330. The largest absolute Gasteiger partial charge is 0.462 e. The number of hydrogen-bond donors (Lipinski definition) is 0. The van der Waals surface area contributed by atoms with Crippen molar-refractivity contribution in [2.75, 3.05) is 0 Å². The van der Waals surface area contributed by atoms with Crippen LogP contribution in [0, 0.1) is 0 Å². The topological polar surface area (TPSA) is 43.4 Å². The zero-order valence-electron chi connectivity index (χ0n) is 12.8. The number of carbonyl (C=O) groups is 2. The van der Waals surface area contributed by atoms with Gasteiger partial charge in [-0.05, 0) is 31.5 Å². The number of benzene rings is 2. The fourth-order valence-electron chi connectivity index (χ4n) is 2.22. The van der Waals surface area contributed by atoms with Crippen LogP contribution in [0.2, 0.25) is 10.0 Å². The molecule has 0 aromatic heterocycles. The molecule has 23 heavy (non-hydrogen) atoms. The summed E-state index contributed by atoms with van der Waals surface area (Å²) in [4.78, 5) is 25.4. The fraction of sp³-hybridized carbons (Fsp3) is 0.222. The zero-order valence-corrected chi connectivity index (χ0v) is 14.3. The van der Waals surface area contributed by atoms with Gasteiger partial charge in [0, 0.05) is 0 Å². The van der Waals surface area contributed by atoms with E-state index in [-0.39, 0.29) is 21.7 Å². The minimum absolute atomic E-state index is 0.130. The van der Waals surface area contributed by atoms with E-state index >= 15 is 0 Å². The Hall–Kier alpha value is -1.84. The van der Waals surface area contributed by atoms with Crippen LogP contribution in [-0.2, 0) is 9.53 Å². The first-order valence-electron chi connectivity index (χ1n) is 7.15. The van der Waals surface area contributed by atoms with E-state index in [0.717, 1.165) is 0 Å². The highest BCUT2D eigenvalue weighted by atomic mass is 35.5. The maximum absolute atomic E-state index is 12.9. The second-order valence-electron chi connectivity index (χ2n) is 5.29. The minimum Gasteiger partial charge on any atom is -0.462 e. The zero-order chi connectivity index (χ0) is 17.0. The number of ether oxygens (including phenoxy) is 1. The Bertz CT molecular complexity index is 691. The Morgan fingerprint density at radius 2 is 1.48 bits per heavy atom. The normalized spacial score (nSPS) is 12.0. The van der Waals surface area contributed by atoms with Gasteiger partial charge in [0.25, 0.3) is 0 Å². The van der Waals surface area contributed by atoms with Crippen molar-refractivity contribution in [3.63, 3.8) is 0 Å². The second kappa shape index (κ2) is 7.62. The van der Waals surface area contributed by atoms with Gasteiger partial charge in [-0.1, -0.05) is 59.6 Å². The maximum Gasteiger partial charge on any atom is 0.321 e. The van der Waals surface area contributed by atoms with E-state index in [4.69, 9.17) is 27.9 Å². The SMILES string of the molecule is CC(C)OC(=O)C(C(=O)c1c(Cl)cccc1Cl)c1ccccc1. The van der Waals surface area contributed by atoms with Gasteiger partial charge in [0.1, 0.15) is 5.92 Å². The predicted molar refractivity (Wildman–Crippen MR) is 91.2 cm³/mol. The molecule has 0 saturated heterocycles. The fourth-order valence-corrected chi connectivity index (χ4v) is 2.80. The molecular formula is C18H16Cl2O3. The molecule has 0 bridgehead atoms.